The summed E-state index contributed by atoms with van der Waals surface area (Å²) >= 11 is 0. The number of ether oxygens (including phenoxy) is 1. The first-order valence-electron chi connectivity index (χ1n) is 10.4. The predicted octanol–water partition coefficient (Wildman–Crippen LogP) is 2.69. The molecule has 0 aliphatic carbocycles. The van der Waals surface area contributed by atoms with E-state index in [4.69, 9.17) is 4.74 Å². The molecule has 10 nitrogen and oxygen atoms in total. The number of carbonyl (C=O) groups excluding carboxylic acids is 4. The number of carbonyl (C=O) groups is 5. The summed E-state index contributed by atoms with van der Waals surface area (Å²) in [6, 6.07) is 12.8. The number of carboxylic acids is 1. The van der Waals surface area contributed by atoms with E-state index in [2.05, 4.69) is 5.32 Å². The van der Waals surface area contributed by atoms with Crippen molar-refractivity contribution in [3.05, 3.63) is 88.5 Å². The molecule has 0 aromatic heterocycles. The maximum absolute atomic E-state index is 13.0. The molecule has 1 aliphatic rings. The number of rotatable bonds is 6. The van der Waals surface area contributed by atoms with Gasteiger partial charge < -0.3 is 20.3 Å². The molecule has 0 bridgehead atoms. The van der Waals surface area contributed by atoms with Gasteiger partial charge in [0.05, 0.1) is 40.2 Å². The second kappa shape index (κ2) is 9.10. The van der Waals surface area contributed by atoms with Crippen molar-refractivity contribution in [2.24, 2.45) is 0 Å². The molecule has 0 spiro atoms. The molecule has 2 N–H and O–H groups in total. The molecular formula is C25H17N2O8-. The number of carboxylic acid groups (broad SMARTS) is 1. The first-order chi connectivity index (χ1) is 16.7. The van der Waals surface area contributed by atoms with Crippen LogP contribution in [0.5, 0.6) is 5.75 Å². The SMILES string of the molecule is CCOC(=O)c1ccc(N2C(=O)c3ccc(C(=O)Nc4ccc([O-])cc4C(=O)O)cc3C2=O)cc1. The standard InChI is InChI=1S/C25H18N2O8/c1-2-35-25(34)13-3-6-15(7-4-13)27-22(30)17-9-5-14(11-18(17)23(27)31)21(29)26-20-10-8-16(28)12-19(20)24(32)33/h3-12,28H,2H2,1H3,(H,26,29)(H,32,33)/p-1. The number of benzene rings is 3. The molecular weight excluding hydrogens is 456 g/mol. The molecule has 35 heavy (non-hydrogen) atoms. The summed E-state index contributed by atoms with van der Waals surface area (Å²) < 4.78 is 4.92. The van der Waals surface area contributed by atoms with Crippen LogP contribution >= 0.6 is 0 Å². The Morgan fingerprint density at radius 1 is 0.914 bits per heavy atom. The molecule has 0 saturated heterocycles. The molecule has 3 aromatic carbocycles. The summed E-state index contributed by atoms with van der Waals surface area (Å²) in [4.78, 5) is 62.8. The lowest BCUT2D eigenvalue weighted by atomic mass is 10.0. The number of esters is 1. The topological polar surface area (TPSA) is 153 Å². The van der Waals surface area contributed by atoms with Crippen molar-refractivity contribution in [3.63, 3.8) is 0 Å². The molecule has 3 aromatic rings. The number of amides is 3. The predicted molar refractivity (Wildman–Crippen MR) is 121 cm³/mol. The zero-order chi connectivity index (χ0) is 25.3. The lowest BCUT2D eigenvalue weighted by molar-refractivity contribution is -0.268. The molecule has 10 heteroatoms. The van der Waals surface area contributed by atoms with Crippen LogP contribution in [0.25, 0.3) is 0 Å². The maximum Gasteiger partial charge on any atom is 0.338 e. The first kappa shape index (κ1) is 23.2. The third-order valence-corrected chi connectivity index (χ3v) is 5.26. The van der Waals surface area contributed by atoms with Crippen molar-refractivity contribution >= 4 is 41.0 Å². The number of imide groups is 1. The average molecular weight is 473 g/mol. The molecule has 0 unspecified atom stereocenters. The quantitative estimate of drug-likeness (QED) is 0.409. The van der Waals surface area contributed by atoms with E-state index in [0.29, 0.717) is 0 Å². The Morgan fingerprint density at radius 2 is 1.57 bits per heavy atom. The van der Waals surface area contributed by atoms with Crippen molar-refractivity contribution in [2.75, 3.05) is 16.8 Å². The van der Waals surface area contributed by atoms with E-state index < -0.39 is 35.4 Å². The van der Waals surface area contributed by atoms with Gasteiger partial charge in [-0.15, -0.1) is 5.75 Å². The van der Waals surface area contributed by atoms with E-state index >= 15 is 0 Å². The largest absolute Gasteiger partial charge is 0.872 e. The summed E-state index contributed by atoms with van der Waals surface area (Å²) in [6.45, 7) is 1.88. The highest BCUT2D eigenvalue weighted by Crippen LogP contribution is 2.30. The van der Waals surface area contributed by atoms with Crippen LogP contribution in [0.4, 0.5) is 11.4 Å². The van der Waals surface area contributed by atoms with Gasteiger partial charge in [0, 0.05) is 5.56 Å². The second-order valence-corrected chi connectivity index (χ2v) is 7.44. The normalized spacial score (nSPS) is 12.3. The minimum atomic E-state index is -1.39. The lowest BCUT2D eigenvalue weighted by Crippen LogP contribution is -2.29. The molecule has 3 amide bonds. The molecule has 1 heterocycles. The highest BCUT2D eigenvalue weighted by atomic mass is 16.5. The minimum Gasteiger partial charge on any atom is -0.872 e. The number of hydrogen-bond acceptors (Lipinski definition) is 7. The zero-order valence-corrected chi connectivity index (χ0v) is 18.2. The van der Waals surface area contributed by atoms with Gasteiger partial charge in [-0.2, -0.15) is 0 Å². The number of hydrogen-bond donors (Lipinski definition) is 2. The van der Waals surface area contributed by atoms with Crippen LogP contribution in [0, 0.1) is 0 Å². The Kier molecular flexibility index (Phi) is 6.03. The van der Waals surface area contributed by atoms with E-state index in [1.807, 2.05) is 0 Å². The van der Waals surface area contributed by atoms with Crippen LogP contribution in [0.3, 0.4) is 0 Å². The first-order valence-corrected chi connectivity index (χ1v) is 10.4. The van der Waals surface area contributed by atoms with Crippen LogP contribution in [0.1, 0.15) is 58.7 Å². The van der Waals surface area contributed by atoms with Crippen molar-refractivity contribution in [3.8, 4) is 5.75 Å². The molecule has 0 fully saturated rings. The monoisotopic (exact) mass is 473 g/mol. The number of fused-ring (bicyclic) bond motifs is 1. The van der Waals surface area contributed by atoms with E-state index in [1.54, 1.807) is 6.92 Å². The van der Waals surface area contributed by atoms with Crippen LogP contribution in [0.2, 0.25) is 0 Å². The third kappa shape index (κ3) is 4.32. The number of aromatic carboxylic acids is 1. The fourth-order valence-electron chi connectivity index (χ4n) is 3.58. The number of nitrogens with one attached hydrogen (secondary N) is 1. The summed E-state index contributed by atoms with van der Waals surface area (Å²) in [5.74, 6) is -4.44. The van der Waals surface area contributed by atoms with Crippen LogP contribution in [0.15, 0.2) is 60.7 Å². The Bertz CT molecular complexity index is 1400. The number of nitrogens with zero attached hydrogens (tertiary/aromatic N) is 1. The Labute approximate surface area is 198 Å². The Hall–Kier alpha value is -4.99. The molecule has 1 aliphatic heterocycles. The van der Waals surface area contributed by atoms with Crippen molar-refractivity contribution in [1.82, 2.24) is 0 Å². The molecule has 0 atom stereocenters. The van der Waals surface area contributed by atoms with Gasteiger partial charge in [0.2, 0.25) is 0 Å². The highest BCUT2D eigenvalue weighted by molar-refractivity contribution is 6.34. The van der Waals surface area contributed by atoms with Crippen molar-refractivity contribution in [1.29, 1.82) is 0 Å². The van der Waals surface area contributed by atoms with Gasteiger partial charge in [0.15, 0.2) is 0 Å². The fourth-order valence-corrected chi connectivity index (χ4v) is 3.58. The van der Waals surface area contributed by atoms with Crippen LogP contribution in [-0.2, 0) is 4.74 Å². The Balaban J connectivity index is 1.59. The fraction of sp³-hybridized carbons (Fsp3) is 0.0800. The molecule has 176 valence electrons. The van der Waals surface area contributed by atoms with E-state index in [1.165, 1.54) is 48.5 Å². The summed E-state index contributed by atoms with van der Waals surface area (Å²) in [5.41, 5.74) is 0.111. The molecule has 0 radical (unpaired) electrons. The van der Waals surface area contributed by atoms with Gasteiger partial charge >= 0.3 is 11.9 Å². The van der Waals surface area contributed by atoms with Gasteiger partial charge in [0.25, 0.3) is 17.7 Å². The van der Waals surface area contributed by atoms with E-state index in [0.717, 1.165) is 17.0 Å². The zero-order valence-electron chi connectivity index (χ0n) is 18.2. The van der Waals surface area contributed by atoms with Gasteiger partial charge in [-0.3, -0.25) is 14.4 Å². The van der Waals surface area contributed by atoms with Crippen LogP contribution in [-0.4, -0.2) is 41.4 Å². The smallest absolute Gasteiger partial charge is 0.338 e. The highest BCUT2D eigenvalue weighted by Gasteiger charge is 2.37. The minimum absolute atomic E-state index is 0.00643. The van der Waals surface area contributed by atoms with Gasteiger partial charge in [-0.25, -0.2) is 14.5 Å². The Morgan fingerprint density at radius 3 is 2.23 bits per heavy atom. The van der Waals surface area contributed by atoms with E-state index in [9.17, 15) is 34.2 Å². The average Bonchev–Trinajstić information content (AvgIpc) is 3.09. The van der Waals surface area contributed by atoms with Crippen molar-refractivity contribution < 1.29 is 38.9 Å². The summed E-state index contributed by atoms with van der Waals surface area (Å²) in [7, 11) is 0. The van der Waals surface area contributed by atoms with Gasteiger partial charge in [-0.05, 0) is 55.5 Å². The molecule has 0 saturated carbocycles. The second-order valence-electron chi connectivity index (χ2n) is 7.44. The summed E-state index contributed by atoms with van der Waals surface area (Å²) in [6.07, 6.45) is 0. The lowest BCUT2D eigenvalue weighted by Gasteiger charge is -2.14. The van der Waals surface area contributed by atoms with E-state index in [-0.39, 0.29) is 45.8 Å². The summed E-state index contributed by atoms with van der Waals surface area (Å²) in [5, 5.41) is 23.1. The molecule has 4 rings (SSSR count). The number of anilines is 2. The van der Waals surface area contributed by atoms with Gasteiger partial charge in [-0.1, -0.05) is 12.1 Å². The van der Waals surface area contributed by atoms with Gasteiger partial charge in [0.1, 0.15) is 0 Å². The van der Waals surface area contributed by atoms with Crippen LogP contribution < -0.4 is 15.3 Å². The maximum atomic E-state index is 13.0. The third-order valence-electron chi connectivity index (χ3n) is 5.26. The van der Waals surface area contributed by atoms with Crippen molar-refractivity contribution in [2.45, 2.75) is 6.92 Å².